The number of nitrogens with two attached hydrogens (primary N) is 1. The Morgan fingerprint density at radius 2 is 1.67 bits per heavy atom. The molecule has 0 aromatic heterocycles. The first-order chi connectivity index (χ1) is 7.10. The first-order valence-electron chi connectivity index (χ1n) is 4.81. The van der Waals surface area contributed by atoms with Gasteiger partial charge in [-0.25, -0.2) is 0 Å². The van der Waals surface area contributed by atoms with Crippen molar-refractivity contribution >= 4 is 0 Å². The van der Waals surface area contributed by atoms with Crippen molar-refractivity contribution in [1.29, 1.82) is 0 Å². The van der Waals surface area contributed by atoms with E-state index in [0.717, 1.165) is 18.4 Å². The van der Waals surface area contributed by atoms with Crippen molar-refractivity contribution in [1.82, 2.24) is 0 Å². The van der Waals surface area contributed by atoms with Gasteiger partial charge in [0.2, 0.25) is 5.82 Å². The van der Waals surface area contributed by atoms with Crippen molar-refractivity contribution in [3.05, 3.63) is 23.5 Å². The third-order valence-electron chi connectivity index (χ3n) is 2.81. The Morgan fingerprint density at radius 1 is 1.20 bits per heavy atom. The monoisotopic (exact) mass is 211 g/mol. The quantitative estimate of drug-likeness (QED) is 0.829. The predicted molar refractivity (Wildman–Crippen MR) is 54.6 cm³/mol. The lowest BCUT2D eigenvalue weighted by atomic mass is 10.0. The fraction of sp³-hybridized carbons (Fsp3) is 0.455. The van der Waals surface area contributed by atoms with Crippen molar-refractivity contribution < 1.29 is 13.9 Å². The van der Waals surface area contributed by atoms with Crippen molar-refractivity contribution in [2.45, 2.75) is 18.4 Å². The summed E-state index contributed by atoms with van der Waals surface area (Å²) < 4.78 is 23.5. The summed E-state index contributed by atoms with van der Waals surface area (Å²) in [6.45, 7) is 0. The molecule has 0 spiro atoms. The fourth-order valence-electron chi connectivity index (χ4n) is 1.58. The molecule has 0 amide bonds. The lowest BCUT2D eigenvalue weighted by Gasteiger charge is -2.14. The van der Waals surface area contributed by atoms with Crippen LogP contribution in [0.2, 0.25) is 0 Å². The van der Waals surface area contributed by atoms with Gasteiger partial charge in [0.05, 0.1) is 14.2 Å². The van der Waals surface area contributed by atoms with Gasteiger partial charge in [-0.3, -0.25) is 0 Å². The van der Waals surface area contributed by atoms with E-state index in [4.69, 9.17) is 15.2 Å². The molecule has 4 heteroatoms. The standard InChI is InChI=1S/C11H14FNO2/c1-14-8-5-7(11(13)3-4-11)6-9(15-2)10(8)12/h5-6H,3-4,13H2,1-2H3. The summed E-state index contributed by atoms with van der Waals surface area (Å²) in [6.07, 6.45) is 1.84. The van der Waals surface area contributed by atoms with Gasteiger partial charge in [-0.2, -0.15) is 4.39 Å². The van der Waals surface area contributed by atoms with Gasteiger partial charge in [-0.05, 0) is 30.5 Å². The maximum atomic E-state index is 13.6. The Hall–Kier alpha value is -1.29. The van der Waals surface area contributed by atoms with Crippen LogP contribution in [0, 0.1) is 5.82 Å². The summed E-state index contributed by atoms with van der Waals surface area (Å²) in [4.78, 5) is 0. The van der Waals surface area contributed by atoms with Crippen LogP contribution in [0.25, 0.3) is 0 Å². The third kappa shape index (κ3) is 1.65. The molecule has 1 aliphatic rings. The summed E-state index contributed by atoms with van der Waals surface area (Å²) in [7, 11) is 2.86. The average molecular weight is 211 g/mol. The van der Waals surface area contributed by atoms with Crippen LogP contribution < -0.4 is 15.2 Å². The van der Waals surface area contributed by atoms with E-state index in [1.54, 1.807) is 12.1 Å². The first-order valence-corrected chi connectivity index (χ1v) is 4.81. The highest BCUT2D eigenvalue weighted by Gasteiger charge is 2.41. The molecule has 1 aromatic rings. The lowest BCUT2D eigenvalue weighted by molar-refractivity contribution is 0.348. The Morgan fingerprint density at radius 3 is 2.00 bits per heavy atom. The maximum Gasteiger partial charge on any atom is 0.206 e. The van der Waals surface area contributed by atoms with Gasteiger partial charge in [0.1, 0.15) is 0 Å². The molecule has 0 heterocycles. The SMILES string of the molecule is COc1cc(C2(N)CC2)cc(OC)c1F. The van der Waals surface area contributed by atoms with Gasteiger partial charge in [0.15, 0.2) is 11.5 Å². The van der Waals surface area contributed by atoms with E-state index in [-0.39, 0.29) is 17.0 Å². The molecular formula is C11H14FNO2. The smallest absolute Gasteiger partial charge is 0.206 e. The van der Waals surface area contributed by atoms with E-state index >= 15 is 0 Å². The number of halogens is 1. The minimum atomic E-state index is -0.479. The zero-order valence-electron chi connectivity index (χ0n) is 8.84. The molecule has 0 aliphatic heterocycles. The van der Waals surface area contributed by atoms with E-state index in [1.165, 1.54) is 14.2 Å². The topological polar surface area (TPSA) is 44.5 Å². The van der Waals surface area contributed by atoms with E-state index in [9.17, 15) is 4.39 Å². The zero-order valence-corrected chi connectivity index (χ0v) is 8.84. The molecule has 1 aromatic carbocycles. The predicted octanol–water partition coefficient (Wildman–Crippen LogP) is 1.79. The number of ether oxygens (including phenoxy) is 2. The minimum Gasteiger partial charge on any atom is -0.494 e. The summed E-state index contributed by atoms with van der Waals surface area (Å²) >= 11 is 0. The second-order valence-corrected chi connectivity index (χ2v) is 3.85. The Bertz CT molecular complexity index is 363. The number of hydrogen-bond acceptors (Lipinski definition) is 3. The molecule has 2 rings (SSSR count). The van der Waals surface area contributed by atoms with E-state index in [1.807, 2.05) is 0 Å². The van der Waals surface area contributed by atoms with Crippen molar-refractivity contribution in [3.8, 4) is 11.5 Å². The molecule has 1 aliphatic carbocycles. The molecule has 1 fully saturated rings. The Labute approximate surface area is 88.0 Å². The minimum absolute atomic E-state index is 0.182. The molecule has 0 atom stereocenters. The molecule has 82 valence electrons. The summed E-state index contributed by atoms with van der Waals surface area (Å²) in [5, 5.41) is 0. The van der Waals surface area contributed by atoms with Crippen LogP contribution >= 0.6 is 0 Å². The molecule has 3 nitrogen and oxygen atoms in total. The van der Waals surface area contributed by atoms with Crippen LogP contribution in [-0.4, -0.2) is 14.2 Å². The van der Waals surface area contributed by atoms with E-state index in [0.29, 0.717) is 0 Å². The van der Waals surface area contributed by atoms with Gasteiger partial charge >= 0.3 is 0 Å². The summed E-state index contributed by atoms with van der Waals surface area (Å²) in [6, 6.07) is 3.29. The van der Waals surface area contributed by atoms with Crippen molar-refractivity contribution in [2.75, 3.05) is 14.2 Å². The second-order valence-electron chi connectivity index (χ2n) is 3.85. The van der Waals surface area contributed by atoms with Gasteiger partial charge in [-0.15, -0.1) is 0 Å². The molecule has 15 heavy (non-hydrogen) atoms. The fourth-order valence-corrected chi connectivity index (χ4v) is 1.58. The molecule has 0 radical (unpaired) electrons. The van der Waals surface area contributed by atoms with Gasteiger partial charge in [0.25, 0.3) is 0 Å². The summed E-state index contributed by atoms with van der Waals surface area (Å²) in [5.74, 6) is -0.116. The molecule has 1 saturated carbocycles. The lowest BCUT2D eigenvalue weighted by Crippen LogP contribution is -2.19. The highest BCUT2D eigenvalue weighted by Crippen LogP contribution is 2.45. The highest BCUT2D eigenvalue weighted by molar-refractivity contribution is 5.45. The largest absolute Gasteiger partial charge is 0.494 e. The van der Waals surface area contributed by atoms with Crippen molar-refractivity contribution in [2.24, 2.45) is 5.73 Å². The number of rotatable bonds is 3. The first kappa shape index (κ1) is 10.2. The van der Waals surface area contributed by atoms with Crippen molar-refractivity contribution in [3.63, 3.8) is 0 Å². The van der Waals surface area contributed by atoms with Gasteiger partial charge in [0, 0.05) is 5.54 Å². The molecule has 0 bridgehead atoms. The van der Waals surface area contributed by atoms with Crippen LogP contribution in [0.5, 0.6) is 11.5 Å². The molecule has 0 unspecified atom stereocenters. The zero-order chi connectivity index (χ0) is 11.1. The highest BCUT2D eigenvalue weighted by atomic mass is 19.1. The molecule has 2 N–H and O–H groups in total. The number of benzene rings is 1. The van der Waals surface area contributed by atoms with Gasteiger partial charge in [-0.1, -0.05) is 0 Å². The summed E-state index contributed by atoms with van der Waals surface area (Å²) in [5.41, 5.74) is 6.59. The Balaban J connectivity index is 2.49. The molecular weight excluding hydrogens is 197 g/mol. The van der Waals surface area contributed by atoms with Crippen LogP contribution in [0.4, 0.5) is 4.39 Å². The Kier molecular flexibility index (Phi) is 2.31. The number of methoxy groups -OCH3 is 2. The van der Waals surface area contributed by atoms with Crippen LogP contribution in [-0.2, 0) is 5.54 Å². The second kappa shape index (κ2) is 3.38. The number of hydrogen-bond donors (Lipinski definition) is 1. The van der Waals surface area contributed by atoms with E-state index in [2.05, 4.69) is 0 Å². The van der Waals surface area contributed by atoms with Gasteiger partial charge < -0.3 is 15.2 Å². The normalized spacial score (nSPS) is 17.3. The molecule has 0 saturated heterocycles. The maximum absolute atomic E-state index is 13.6. The van der Waals surface area contributed by atoms with E-state index < -0.39 is 5.82 Å². The third-order valence-corrected chi connectivity index (χ3v) is 2.81. The van der Waals surface area contributed by atoms with Crippen LogP contribution in [0.1, 0.15) is 18.4 Å². The van der Waals surface area contributed by atoms with Crippen LogP contribution in [0.15, 0.2) is 12.1 Å². The average Bonchev–Trinajstić information content (AvgIpc) is 2.98. The van der Waals surface area contributed by atoms with Crippen LogP contribution in [0.3, 0.4) is 0 Å².